The van der Waals surface area contributed by atoms with E-state index in [1.807, 2.05) is 32.3 Å². The summed E-state index contributed by atoms with van der Waals surface area (Å²) in [7, 11) is 3.97. The SMILES string of the molecule is Cc1cc2cc(-c3cc(-c4ccc(N5CCOCC5)c(CN(C)C)c4)c(F)nc3N)cc(F)c2c(=O)[nH]1. The Morgan fingerprint density at radius 1 is 1.05 bits per heavy atom. The monoisotopic (exact) mass is 505 g/mol. The van der Waals surface area contributed by atoms with Crippen molar-refractivity contribution in [2.75, 3.05) is 51.0 Å². The number of nitrogens with two attached hydrogens (primary N) is 1. The minimum Gasteiger partial charge on any atom is -0.383 e. The number of anilines is 2. The molecule has 7 nitrogen and oxygen atoms in total. The Morgan fingerprint density at radius 3 is 2.54 bits per heavy atom. The number of ether oxygens (including phenoxy) is 1. The number of H-pyrrole nitrogens is 1. The number of nitrogen functional groups attached to an aromatic ring is 1. The number of nitrogens with one attached hydrogen (secondary N) is 1. The predicted octanol–water partition coefficient (Wildman–Crippen LogP) is 4.32. The molecule has 1 saturated heterocycles. The fraction of sp³-hybridized carbons (Fsp3) is 0.286. The van der Waals surface area contributed by atoms with E-state index in [4.69, 9.17) is 10.5 Å². The molecule has 9 heteroatoms. The van der Waals surface area contributed by atoms with Crippen molar-refractivity contribution in [3.8, 4) is 22.3 Å². The molecule has 3 heterocycles. The Balaban J connectivity index is 1.63. The summed E-state index contributed by atoms with van der Waals surface area (Å²) in [5.41, 5.74) is 10.1. The van der Waals surface area contributed by atoms with Gasteiger partial charge in [0.05, 0.1) is 18.6 Å². The molecule has 1 aliphatic rings. The molecule has 2 aromatic carbocycles. The van der Waals surface area contributed by atoms with Gasteiger partial charge in [0.15, 0.2) is 0 Å². The summed E-state index contributed by atoms with van der Waals surface area (Å²) < 4.78 is 35.7. The van der Waals surface area contributed by atoms with E-state index in [0.29, 0.717) is 47.5 Å². The maximum absolute atomic E-state index is 15.2. The van der Waals surface area contributed by atoms with Gasteiger partial charge in [0.1, 0.15) is 11.6 Å². The third-order valence-electron chi connectivity index (χ3n) is 6.58. The van der Waals surface area contributed by atoms with E-state index in [2.05, 4.69) is 19.8 Å². The summed E-state index contributed by atoms with van der Waals surface area (Å²) in [6, 6.07) is 12.0. The molecule has 0 bridgehead atoms. The van der Waals surface area contributed by atoms with E-state index in [1.165, 1.54) is 6.07 Å². The Kier molecular flexibility index (Phi) is 6.66. The lowest BCUT2D eigenvalue weighted by molar-refractivity contribution is 0.122. The van der Waals surface area contributed by atoms with Gasteiger partial charge in [-0.05, 0) is 79.5 Å². The number of rotatable bonds is 5. The van der Waals surface area contributed by atoms with E-state index < -0.39 is 17.3 Å². The van der Waals surface area contributed by atoms with Crippen LogP contribution in [0.3, 0.4) is 0 Å². The number of aryl methyl sites for hydroxylation is 1. The summed E-state index contributed by atoms with van der Waals surface area (Å²) in [4.78, 5) is 23.2. The van der Waals surface area contributed by atoms with Gasteiger partial charge in [-0.1, -0.05) is 6.07 Å². The summed E-state index contributed by atoms with van der Waals surface area (Å²) >= 11 is 0. The van der Waals surface area contributed by atoms with Crippen LogP contribution in [-0.4, -0.2) is 55.3 Å². The highest BCUT2D eigenvalue weighted by molar-refractivity contribution is 5.90. The fourth-order valence-corrected chi connectivity index (χ4v) is 4.92. The molecule has 5 rings (SSSR count). The molecule has 4 aromatic rings. The molecule has 1 aliphatic heterocycles. The van der Waals surface area contributed by atoms with Crippen LogP contribution in [0.2, 0.25) is 0 Å². The number of halogens is 2. The van der Waals surface area contributed by atoms with Crippen molar-refractivity contribution in [2.24, 2.45) is 0 Å². The van der Waals surface area contributed by atoms with Crippen LogP contribution in [0.25, 0.3) is 33.0 Å². The van der Waals surface area contributed by atoms with Gasteiger partial charge in [-0.15, -0.1) is 0 Å². The highest BCUT2D eigenvalue weighted by atomic mass is 19.1. The molecule has 0 atom stereocenters. The number of morpholine rings is 1. The number of hydrogen-bond donors (Lipinski definition) is 2. The zero-order valence-electron chi connectivity index (χ0n) is 21.1. The number of hydrogen-bond acceptors (Lipinski definition) is 6. The van der Waals surface area contributed by atoms with E-state index in [9.17, 15) is 9.18 Å². The van der Waals surface area contributed by atoms with E-state index >= 15 is 4.39 Å². The number of nitrogens with zero attached hydrogens (tertiary/aromatic N) is 3. The molecule has 0 unspecified atom stereocenters. The lowest BCUT2D eigenvalue weighted by Gasteiger charge is -2.31. The molecular formula is C28H29F2N5O2. The molecule has 192 valence electrons. The maximum Gasteiger partial charge on any atom is 0.258 e. The van der Waals surface area contributed by atoms with Crippen LogP contribution in [0.5, 0.6) is 0 Å². The van der Waals surface area contributed by atoms with Gasteiger partial charge in [0.25, 0.3) is 5.56 Å². The van der Waals surface area contributed by atoms with E-state index in [-0.39, 0.29) is 16.8 Å². The molecule has 0 radical (unpaired) electrons. The second-order valence-electron chi connectivity index (χ2n) is 9.64. The van der Waals surface area contributed by atoms with Crippen molar-refractivity contribution >= 4 is 22.3 Å². The number of aromatic amines is 1. The first kappa shape index (κ1) is 24.9. The number of aromatic nitrogens is 2. The zero-order chi connectivity index (χ0) is 26.3. The quantitative estimate of drug-likeness (QED) is 0.393. The summed E-state index contributed by atoms with van der Waals surface area (Å²) in [6.45, 7) is 5.30. The smallest absolute Gasteiger partial charge is 0.258 e. The topological polar surface area (TPSA) is 87.5 Å². The fourth-order valence-electron chi connectivity index (χ4n) is 4.92. The second kappa shape index (κ2) is 9.91. The van der Waals surface area contributed by atoms with E-state index in [1.54, 1.807) is 25.1 Å². The average Bonchev–Trinajstić information content (AvgIpc) is 2.83. The first-order chi connectivity index (χ1) is 17.7. The van der Waals surface area contributed by atoms with E-state index in [0.717, 1.165) is 24.3 Å². The molecule has 1 fully saturated rings. The number of fused-ring (bicyclic) bond motifs is 1. The maximum atomic E-state index is 15.2. The molecule has 3 N–H and O–H groups in total. The van der Waals surface area contributed by atoms with Gasteiger partial charge in [-0.2, -0.15) is 4.39 Å². The van der Waals surface area contributed by atoms with Crippen molar-refractivity contribution in [1.29, 1.82) is 0 Å². The average molecular weight is 506 g/mol. The largest absolute Gasteiger partial charge is 0.383 e. The second-order valence-corrected chi connectivity index (χ2v) is 9.64. The number of pyridine rings is 2. The van der Waals surface area contributed by atoms with Gasteiger partial charge in [0.2, 0.25) is 5.95 Å². The van der Waals surface area contributed by atoms with Gasteiger partial charge >= 0.3 is 0 Å². The summed E-state index contributed by atoms with van der Waals surface area (Å²) in [6.07, 6.45) is 0. The van der Waals surface area contributed by atoms with Crippen LogP contribution in [0.1, 0.15) is 11.3 Å². The minimum absolute atomic E-state index is 0.0322. The highest BCUT2D eigenvalue weighted by Gasteiger charge is 2.19. The van der Waals surface area contributed by atoms with Crippen molar-refractivity contribution in [3.63, 3.8) is 0 Å². The predicted molar refractivity (Wildman–Crippen MR) is 143 cm³/mol. The molecule has 2 aromatic heterocycles. The van der Waals surface area contributed by atoms with Crippen LogP contribution >= 0.6 is 0 Å². The molecule has 0 saturated carbocycles. The van der Waals surface area contributed by atoms with Crippen molar-refractivity contribution in [3.05, 3.63) is 75.8 Å². The Hall–Kier alpha value is -3.82. The van der Waals surface area contributed by atoms with Crippen LogP contribution < -0.4 is 16.2 Å². The van der Waals surface area contributed by atoms with Crippen LogP contribution in [0, 0.1) is 18.7 Å². The molecule has 0 spiro atoms. The summed E-state index contributed by atoms with van der Waals surface area (Å²) in [5.74, 6) is -1.44. The zero-order valence-corrected chi connectivity index (χ0v) is 21.1. The first-order valence-electron chi connectivity index (χ1n) is 12.1. The number of benzene rings is 2. The lowest BCUT2D eigenvalue weighted by atomic mass is 9.96. The summed E-state index contributed by atoms with van der Waals surface area (Å²) in [5, 5.41) is 0.403. The molecule has 37 heavy (non-hydrogen) atoms. The Morgan fingerprint density at radius 2 is 1.81 bits per heavy atom. The van der Waals surface area contributed by atoms with Crippen molar-refractivity contribution in [1.82, 2.24) is 14.9 Å². The third kappa shape index (κ3) is 4.92. The Labute approximate surface area is 213 Å². The van der Waals surface area contributed by atoms with Crippen molar-refractivity contribution in [2.45, 2.75) is 13.5 Å². The Bertz CT molecular complexity index is 1540. The third-order valence-corrected chi connectivity index (χ3v) is 6.58. The standard InChI is InChI=1S/C28H29F2N5O2/c1-16-10-19-12-18(13-23(29)25(19)28(36)32-16)22-14-21(26(30)33-27(22)31)17-4-5-24(20(11-17)15-34(2)3)35-6-8-37-9-7-35/h4-5,10-14H,6-9,15H2,1-3H3,(H2,31,33)(H,32,36). The van der Waals surface area contributed by atoms with Crippen molar-refractivity contribution < 1.29 is 13.5 Å². The van der Waals surface area contributed by atoms with Crippen LogP contribution in [0.4, 0.5) is 20.3 Å². The van der Waals surface area contributed by atoms with Gasteiger partial charge in [-0.25, -0.2) is 9.37 Å². The van der Waals surface area contributed by atoms with Crippen LogP contribution in [0.15, 0.2) is 47.3 Å². The molecule has 0 amide bonds. The van der Waals surface area contributed by atoms with Crippen LogP contribution in [-0.2, 0) is 11.3 Å². The van der Waals surface area contributed by atoms with Gasteiger partial charge in [-0.3, -0.25) is 4.79 Å². The molecular weight excluding hydrogens is 476 g/mol. The lowest BCUT2D eigenvalue weighted by Crippen LogP contribution is -2.37. The normalized spacial score (nSPS) is 14.1. The first-order valence-corrected chi connectivity index (χ1v) is 12.1. The molecule has 0 aliphatic carbocycles. The minimum atomic E-state index is -0.704. The highest BCUT2D eigenvalue weighted by Crippen LogP contribution is 2.35. The van der Waals surface area contributed by atoms with Gasteiger partial charge in [0, 0.05) is 42.1 Å². The van der Waals surface area contributed by atoms with Gasteiger partial charge < -0.3 is 25.3 Å².